The van der Waals surface area contributed by atoms with Crippen LogP contribution in [-0.2, 0) is 0 Å². The molecule has 2 N–H and O–H groups in total. The van der Waals surface area contributed by atoms with E-state index in [4.69, 9.17) is 5.73 Å². The normalized spacial score (nSPS) is 23.3. The number of benzene rings is 2. The first kappa shape index (κ1) is 17.4. The summed E-state index contributed by atoms with van der Waals surface area (Å²) >= 11 is 0. The Hall–Kier alpha value is -3.02. The third kappa shape index (κ3) is 3.35. The van der Waals surface area contributed by atoms with Gasteiger partial charge in [-0.2, -0.15) is 5.10 Å². The molecular weight excluding hydrogens is 348 g/mol. The van der Waals surface area contributed by atoms with Gasteiger partial charge >= 0.3 is 6.03 Å². The summed E-state index contributed by atoms with van der Waals surface area (Å²) in [6, 6.07) is 11.4. The minimum atomic E-state index is -0.632. The first-order valence-corrected chi connectivity index (χ1v) is 8.92. The van der Waals surface area contributed by atoms with Crippen molar-refractivity contribution >= 4 is 17.8 Å². The third-order valence-electron chi connectivity index (χ3n) is 5.15. The Morgan fingerprint density at radius 3 is 2.33 bits per heavy atom. The van der Waals surface area contributed by atoms with E-state index in [0.717, 1.165) is 41.7 Å². The summed E-state index contributed by atoms with van der Waals surface area (Å²) in [7, 11) is 0. The van der Waals surface area contributed by atoms with Crippen LogP contribution in [0.5, 0.6) is 0 Å². The Labute approximate surface area is 156 Å². The van der Waals surface area contributed by atoms with Gasteiger partial charge in [-0.1, -0.05) is 24.3 Å². The van der Waals surface area contributed by atoms with Gasteiger partial charge in [0, 0.05) is 5.92 Å². The lowest BCUT2D eigenvalue weighted by molar-refractivity contribution is 0.183. The molecule has 0 radical (unpaired) electrons. The molecule has 1 aliphatic heterocycles. The zero-order valence-electron chi connectivity index (χ0n) is 14.6. The van der Waals surface area contributed by atoms with Crippen LogP contribution >= 0.6 is 0 Å². The fourth-order valence-electron chi connectivity index (χ4n) is 3.94. The zero-order chi connectivity index (χ0) is 19.0. The van der Waals surface area contributed by atoms with Gasteiger partial charge in [0.15, 0.2) is 0 Å². The number of nitrogens with zero attached hydrogens (tertiary/aromatic N) is 2. The highest BCUT2D eigenvalue weighted by atomic mass is 19.1. The van der Waals surface area contributed by atoms with Crippen LogP contribution < -0.4 is 5.73 Å². The molecule has 2 aromatic carbocycles. The maximum absolute atomic E-state index is 13.3. The van der Waals surface area contributed by atoms with Gasteiger partial charge in [0.1, 0.15) is 11.6 Å². The van der Waals surface area contributed by atoms with Gasteiger partial charge in [0.2, 0.25) is 0 Å². The molecule has 0 spiro atoms. The molecule has 0 saturated heterocycles. The Bertz CT molecular complexity index is 919. The lowest BCUT2D eigenvalue weighted by Crippen LogP contribution is -2.35. The molecule has 1 heterocycles. The number of carbonyl (C=O) groups is 1. The highest BCUT2D eigenvalue weighted by molar-refractivity contribution is 6.08. The van der Waals surface area contributed by atoms with Crippen molar-refractivity contribution in [2.45, 2.75) is 25.3 Å². The second kappa shape index (κ2) is 6.95. The zero-order valence-corrected chi connectivity index (χ0v) is 14.6. The van der Waals surface area contributed by atoms with Crippen LogP contribution in [0.15, 0.2) is 59.2 Å². The molecule has 2 aromatic rings. The van der Waals surface area contributed by atoms with E-state index in [-0.39, 0.29) is 23.6 Å². The Morgan fingerprint density at radius 1 is 1.07 bits per heavy atom. The number of hydrazone groups is 1. The van der Waals surface area contributed by atoms with Crippen LogP contribution in [0.4, 0.5) is 13.6 Å². The molecule has 2 atom stereocenters. The SMILES string of the molecule is NC(=O)N1N=C2C(=Cc3ccc(F)cc3)CCCC2C1c1ccc(F)cc1. The average molecular weight is 367 g/mol. The molecule has 1 aliphatic carbocycles. The molecular formula is C21H19F2N3O. The van der Waals surface area contributed by atoms with E-state index in [9.17, 15) is 13.6 Å². The Morgan fingerprint density at radius 2 is 1.70 bits per heavy atom. The fourth-order valence-corrected chi connectivity index (χ4v) is 3.94. The van der Waals surface area contributed by atoms with Crippen molar-refractivity contribution in [3.63, 3.8) is 0 Å². The highest BCUT2D eigenvalue weighted by Gasteiger charge is 2.43. The van der Waals surface area contributed by atoms with Crippen molar-refractivity contribution in [3.05, 3.63) is 76.9 Å². The second-order valence-corrected chi connectivity index (χ2v) is 6.88. The van der Waals surface area contributed by atoms with Gasteiger partial charge < -0.3 is 5.73 Å². The predicted octanol–water partition coefficient (Wildman–Crippen LogP) is 4.64. The van der Waals surface area contributed by atoms with E-state index in [1.165, 1.54) is 29.3 Å². The molecule has 1 saturated carbocycles. The molecule has 4 nitrogen and oxygen atoms in total. The first-order valence-electron chi connectivity index (χ1n) is 8.92. The fraction of sp³-hybridized carbons (Fsp3) is 0.238. The second-order valence-electron chi connectivity index (χ2n) is 6.88. The number of fused-ring (bicyclic) bond motifs is 1. The van der Waals surface area contributed by atoms with Crippen molar-refractivity contribution in [1.29, 1.82) is 0 Å². The van der Waals surface area contributed by atoms with E-state index in [1.54, 1.807) is 24.3 Å². The maximum atomic E-state index is 13.3. The Balaban J connectivity index is 1.72. The maximum Gasteiger partial charge on any atom is 0.335 e. The number of primary amides is 1. The van der Waals surface area contributed by atoms with Gasteiger partial charge in [-0.3, -0.25) is 0 Å². The highest BCUT2D eigenvalue weighted by Crippen LogP contribution is 2.44. The van der Waals surface area contributed by atoms with Gasteiger partial charge in [0.25, 0.3) is 0 Å². The molecule has 6 heteroatoms. The summed E-state index contributed by atoms with van der Waals surface area (Å²) < 4.78 is 26.5. The summed E-state index contributed by atoms with van der Waals surface area (Å²) in [5.74, 6) is -0.611. The number of hydrogen-bond donors (Lipinski definition) is 1. The van der Waals surface area contributed by atoms with E-state index >= 15 is 0 Å². The minimum Gasteiger partial charge on any atom is -0.350 e. The third-order valence-corrected chi connectivity index (χ3v) is 5.15. The molecule has 1 fully saturated rings. The quantitative estimate of drug-likeness (QED) is 0.826. The summed E-state index contributed by atoms with van der Waals surface area (Å²) in [4.78, 5) is 12.0. The van der Waals surface area contributed by atoms with E-state index < -0.39 is 6.03 Å². The molecule has 0 bridgehead atoms. The van der Waals surface area contributed by atoms with Crippen LogP contribution in [0.25, 0.3) is 6.08 Å². The van der Waals surface area contributed by atoms with Crippen molar-refractivity contribution in [1.82, 2.24) is 5.01 Å². The molecule has 4 rings (SSSR count). The molecule has 2 amide bonds. The molecule has 138 valence electrons. The number of amides is 2. The number of halogens is 2. The minimum absolute atomic E-state index is 0.00316. The van der Waals surface area contributed by atoms with Crippen LogP contribution in [0.2, 0.25) is 0 Å². The van der Waals surface area contributed by atoms with Crippen molar-refractivity contribution in [2.75, 3.05) is 0 Å². The lowest BCUT2D eigenvalue weighted by Gasteiger charge is -2.28. The van der Waals surface area contributed by atoms with Crippen LogP contribution in [0, 0.1) is 17.6 Å². The predicted molar refractivity (Wildman–Crippen MR) is 99.7 cm³/mol. The smallest absolute Gasteiger partial charge is 0.335 e. The summed E-state index contributed by atoms with van der Waals surface area (Å²) in [5, 5.41) is 5.83. The van der Waals surface area contributed by atoms with Crippen LogP contribution in [-0.4, -0.2) is 16.8 Å². The monoisotopic (exact) mass is 367 g/mol. The largest absolute Gasteiger partial charge is 0.350 e. The average Bonchev–Trinajstić information content (AvgIpc) is 3.05. The lowest BCUT2D eigenvalue weighted by atomic mass is 9.77. The molecule has 2 aliphatic rings. The molecule has 27 heavy (non-hydrogen) atoms. The summed E-state index contributed by atoms with van der Waals surface area (Å²) in [5.41, 5.74) is 9.11. The van der Waals surface area contributed by atoms with Gasteiger partial charge in [-0.25, -0.2) is 18.6 Å². The van der Waals surface area contributed by atoms with Crippen molar-refractivity contribution in [2.24, 2.45) is 16.8 Å². The summed E-state index contributed by atoms with van der Waals surface area (Å²) in [6.07, 6.45) is 4.62. The van der Waals surface area contributed by atoms with Crippen LogP contribution in [0.1, 0.15) is 36.4 Å². The number of urea groups is 1. The first-order chi connectivity index (χ1) is 13.0. The number of carbonyl (C=O) groups excluding carboxylic acids is 1. The van der Waals surface area contributed by atoms with E-state index in [0.29, 0.717) is 0 Å². The molecule has 2 unspecified atom stereocenters. The van der Waals surface area contributed by atoms with E-state index in [2.05, 4.69) is 5.10 Å². The number of rotatable bonds is 2. The molecule has 0 aromatic heterocycles. The van der Waals surface area contributed by atoms with Gasteiger partial charge in [-0.15, -0.1) is 0 Å². The number of allylic oxidation sites excluding steroid dienone is 1. The Kier molecular flexibility index (Phi) is 4.48. The van der Waals surface area contributed by atoms with Gasteiger partial charge in [-0.05, 0) is 66.3 Å². The number of nitrogens with two attached hydrogens (primary N) is 1. The van der Waals surface area contributed by atoms with Crippen molar-refractivity contribution < 1.29 is 13.6 Å². The van der Waals surface area contributed by atoms with Gasteiger partial charge in [0.05, 0.1) is 11.8 Å². The summed E-state index contributed by atoms with van der Waals surface area (Å²) in [6.45, 7) is 0. The van der Waals surface area contributed by atoms with Crippen molar-refractivity contribution in [3.8, 4) is 0 Å². The van der Waals surface area contributed by atoms with E-state index in [1.807, 2.05) is 6.08 Å². The topological polar surface area (TPSA) is 58.7 Å². The number of hydrogen-bond acceptors (Lipinski definition) is 2. The van der Waals surface area contributed by atoms with Crippen LogP contribution in [0.3, 0.4) is 0 Å². The standard InChI is InChI=1S/C21H19F2N3O/c22-16-8-4-13(5-9-16)12-15-2-1-3-18-19(15)25-26(21(24)27)20(18)14-6-10-17(23)11-7-14/h4-12,18,20H,1-3H2,(H2,24,27).